The Morgan fingerprint density at radius 2 is 1.81 bits per heavy atom. The lowest BCUT2D eigenvalue weighted by atomic mass is 9.97. The van der Waals surface area contributed by atoms with Crippen LogP contribution in [0, 0.1) is 5.92 Å². The Bertz CT molecular complexity index is 361. The number of Topliss-reactive ketones (excluding diaryl/α,β-unsaturated/α-hetero) is 1. The summed E-state index contributed by atoms with van der Waals surface area (Å²) in [5.41, 5.74) is 1.33. The van der Waals surface area contributed by atoms with Crippen LogP contribution in [0.2, 0.25) is 0 Å². The number of rotatable bonds is 8. The Balaban J connectivity index is 2.19. The van der Waals surface area contributed by atoms with Crippen molar-refractivity contribution in [3.05, 3.63) is 11.6 Å². The quantitative estimate of drug-likeness (QED) is 0.373. The molecule has 0 amide bonds. The summed E-state index contributed by atoms with van der Waals surface area (Å²) < 4.78 is 5.30. The molecule has 0 saturated heterocycles. The average molecular weight is 294 g/mol. The molecule has 0 heterocycles. The van der Waals surface area contributed by atoms with Gasteiger partial charge < -0.3 is 4.74 Å². The molecule has 0 aliphatic heterocycles. The molecule has 120 valence electrons. The molecule has 1 saturated carbocycles. The fourth-order valence-corrected chi connectivity index (χ4v) is 2.68. The molecule has 3 heteroatoms. The van der Waals surface area contributed by atoms with Crippen LogP contribution in [0.4, 0.5) is 0 Å². The number of allylic oxidation sites excluding steroid dienone is 2. The van der Waals surface area contributed by atoms with Crippen LogP contribution >= 0.6 is 0 Å². The molecule has 1 aliphatic carbocycles. The highest BCUT2D eigenvalue weighted by molar-refractivity contribution is 6.33. The number of hydrogen-bond donors (Lipinski definition) is 0. The summed E-state index contributed by atoms with van der Waals surface area (Å²) in [4.78, 5) is 23.6. The molecule has 0 aromatic rings. The van der Waals surface area contributed by atoms with Crippen molar-refractivity contribution >= 4 is 11.8 Å². The van der Waals surface area contributed by atoms with E-state index >= 15 is 0 Å². The van der Waals surface area contributed by atoms with E-state index in [0.29, 0.717) is 12.3 Å². The smallest absolute Gasteiger partial charge is 0.374 e. The minimum Gasteiger partial charge on any atom is -0.457 e. The standard InChI is InChI=1S/C18H30O3/c1-14(2)8-7-9-15(3)12-13-17(19)18(20)21-16-10-5-4-6-11-16/h8,15-16H,4-7,9-13H2,1-3H3. The van der Waals surface area contributed by atoms with Gasteiger partial charge in [-0.3, -0.25) is 4.79 Å². The average Bonchev–Trinajstić information content (AvgIpc) is 2.45. The highest BCUT2D eigenvalue weighted by atomic mass is 16.5. The molecule has 0 N–H and O–H groups in total. The van der Waals surface area contributed by atoms with Crippen molar-refractivity contribution in [1.29, 1.82) is 0 Å². The molecular formula is C18H30O3. The molecule has 0 spiro atoms. The van der Waals surface area contributed by atoms with Crippen LogP contribution in [-0.4, -0.2) is 17.9 Å². The van der Waals surface area contributed by atoms with Crippen molar-refractivity contribution in [2.75, 3.05) is 0 Å². The normalized spacial score (nSPS) is 17.1. The molecule has 1 unspecified atom stereocenters. The number of ketones is 1. The van der Waals surface area contributed by atoms with E-state index in [0.717, 1.165) is 44.9 Å². The number of carbonyl (C=O) groups is 2. The summed E-state index contributed by atoms with van der Waals surface area (Å²) >= 11 is 0. The molecule has 0 bridgehead atoms. The van der Waals surface area contributed by atoms with Gasteiger partial charge in [0.05, 0.1) is 0 Å². The third-order valence-corrected chi connectivity index (χ3v) is 4.13. The first-order valence-electron chi connectivity index (χ1n) is 8.36. The van der Waals surface area contributed by atoms with Crippen LogP contribution in [-0.2, 0) is 14.3 Å². The van der Waals surface area contributed by atoms with Crippen LogP contribution in [0.1, 0.15) is 78.6 Å². The molecule has 1 rings (SSSR count). The third kappa shape index (κ3) is 8.03. The topological polar surface area (TPSA) is 43.4 Å². The Labute approximate surface area is 129 Å². The minimum absolute atomic E-state index is 0.0229. The molecule has 1 fully saturated rings. The van der Waals surface area contributed by atoms with Crippen LogP contribution in [0.3, 0.4) is 0 Å². The fraction of sp³-hybridized carbons (Fsp3) is 0.778. The monoisotopic (exact) mass is 294 g/mol. The largest absolute Gasteiger partial charge is 0.457 e. The maximum atomic E-state index is 11.8. The molecule has 1 atom stereocenters. The molecule has 0 aromatic heterocycles. The summed E-state index contributed by atoms with van der Waals surface area (Å²) in [7, 11) is 0. The Hall–Kier alpha value is -1.12. The van der Waals surface area contributed by atoms with E-state index in [9.17, 15) is 9.59 Å². The predicted octanol–water partition coefficient (Wildman–Crippen LogP) is 4.59. The number of carbonyl (C=O) groups excluding carboxylic acids is 2. The van der Waals surface area contributed by atoms with Gasteiger partial charge in [0.1, 0.15) is 6.10 Å². The van der Waals surface area contributed by atoms with Crippen LogP contribution in [0.15, 0.2) is 11.6 Å². The van der Waals surface area contributed by atoms with Crippen LogP contribution in [0.5, 0.6) is 0 Å². The summed E-state index contributed by atoms with van der Waals surface area (Å²) in [6.07, 6.45) is 10.7. The highest BCUT2D eigenvalue weighted by Crippen LogP contribution is 2.21. The Morgan fingerprint density at radius 3 is 2.43 bits per heavy atom. The zero-order valence-corrected chi connectivity index (χ0v) is 13.8. The van der Waals surface area contributed by atoms with Crippen molar-refractivity contribution in [1.82, 2.24) is 0 Å². The first kappa shape index (κ1) is 17.9. The summed E-state index contributed by atoms with van der Waals surface area (Å²) in [5.74, 6) is -0.500. The lowest BCUT2D eigenvalue weighted by Crippen LogP contribution is -2.26. The van der Waals surface area contributed by atoms with Gasteiger partial charge in [0, 0.05) is 6.42 Å². The molecule has 1 aliphatic rings. The molecule has 0 aromatic carbocycles. The fourth-order valence-electron chi connectivity index (χ4n) is 2.68. The van der Waals surface area contributed by atoms with E-state index in [-0.39, 0.29) is 11.9 Å². The zero-order chi connectivity index (χ0) is 15.7. The van der Waals surface area contributed by atoms with Gasteiger partial charge in [0.25, 0.3) is 0 Å². The van der Waals surface area contributed by atoms with E-state index in [2.05, 4.69) is 26.8 Å². The molecular weight excluding hydrogens is 264 g/mol. The molecule has 21 heavy (non-hydrogen) atoms. The van der Waals surface area contributed by atoms with E-state index < -0.39 is 5.97 Å². The van der Waals surface area contributed by atoms with Gasteiger partial charge in [-0.2, -0.15) is 0 Å². The number of hydrogen-bond acceptors (Lipinski definition) is 3. The highest BCUT2D eigenvalue weighted by Gasteiger charge is 2.22. The van der Waals surface area contributed by atoms with Gasteiger partial charge in [-0.05, 0) is 64.7 Å². The van der Waals surface area contributed by atoms with Crippen molar-refractivity contribution in [2.45, 2.75) is 84.7 Å². The van der Waals surface area contributed by atoms with Gasteiger partial charge in [-0.15, -0.1) is 0 Å². The minimum atomic E-state index is -0.613. The second-order valence-corrected chi connectivity index (χ2v) is 6.59. The van der Waals surface area contributed by atoms with Gasteiger partial charge in [0.2, 0.25) is 5.78 Å². The van der Waals surface area contributed by atoms with E-state index in [4.69, 9.17) is 4.74 Å². The number of esters is 1. The van der Waals surface area contributed by atoms with E-state index in [1.165, 1.54) is 12.0 Å². The zero-order valence-electron chi connectivity index (χ0n) is 13.8. The van der Waals surface area contributed by atoms with Gasteiger partial charge in [0.15, 0.2) is 0 Å². The van der Waals surface area contributed by atoms with E-state index in [1.807, 2.05) is 0 Å². The molecule has 0 radical (unpaired) electrons. The van der Waals surface area contributed by atoms with Crippen molar-refractivity contribution in [2.24, 2.45) is 5.92 Å². The first-order valence-corrected chi connectivity index (χ1v) is 8.36. The van der Waals surface area contributed by atoms with Crippen LogP contribution < -0.4 is 0 Å². The summed E-state index contributed by atoms with van der Waals surface area (Å²) in [6.45, 7) is 6.32. The van der Waals surface area contributed by atoms with Crippen molar-refractivity contribution < 1.29 is 14.3 Å². The van der Waals surface area contributed by atoms with Crippen molar-refractivity contribution in [3.63, 3.8) is 0 Å². The maximum Gasteiger partial charge on any atom is 0.374 e. The first-order chi connectivity index (χ1) is 9.99. The Kier molecular flexibility index (Phi) is 8.33. The second-order valence-electron chi connectivity index (χ2n) is 6.59. The van der Waals surface area contributed by atoms with E-state index in [1.54, 1.807) is 0 Å². The van der Waals surface area contributed by atoms with Gasteiger partial charge >= 0.3 is 5.97 Å². The maximum absolute atomic E-state index is 11.8. The van der Waals surface area contributed by atoms with Crippen LogP contribution in [0.25, 0.3) is 0 Å². The second kappa shape index (κ2) is 9.75. The SMILES string of the molecule is CC(C)=CCCC(C)CCC(=O)C(=O)OC1CCCCC1. The predicted molar refractivity (Wildman–Crippen MR) is 85.0 cm³/mol. The molecule has 3 nitrogen and oxygen atoms in total. The Morgan fingerprint density at radius 1 is 1.14 bits per heavy atom. The van der Waals surface area contributed by atoms with Gasteiger partial charge in [-0.25, -0.2) is 4.79 Å². The lowest BCUT2D eigenvalue weighted by molar-refractivity contribution is -0.159. The number of ether oxygens (including phenoxy) is 1. The summed E-state index contributed by atoms with van der Waals surface area (Å²) in [5, 5.41) is 0. The lowest BCUT2D eigenvalue weighted by Gasteiger charge is -2.21. The summed E-state index contributed by atoms with van der Waals surface area (Å²) in [6, 6.07) is 0. The third-order valence-electron chi connectivity index (χ3n) is 4.13. The van der Waals surface area contributed by atoms with Gasteiger partial charge in [-0.1, -0.05) is 25.0 Å². The van der Waals surface area contributed by atoms with Crippen molar-refractivity contribution in [3.8, 4) is 0 Å².